The van der Waals surface area contributed by atoms with Crippen molar-refractivity contribution in [3.05, 3.63) is 65.2 Å². The Morgan fingerprint density at radius 2 is 1.48 bits per heavy atom. The lowest BCUT2D eigenvalue weighted by molar-refractivity contribution is 0.636. The minimum atomic E-state index is 0.0249. The van der Waals surface area contributed by atoms with Gasteiger partial charge >= 0.3 is 0 Å². The summed E-state index contributed by atoms with van der Waals surface area (Å²) in [4.78, 5) is 2.09. The van der Waals surface area contributed by atoms with Gasteiger partial charge in [0.05, 0.1) is 6.04 Å². The second kappa shape index (κ2) is 7.25. The maximum Gasteiger partial charge on any atom is 0.0710 e. The number of hydrogen-bond acceptors (Lipinski definition) is 3. The van der Waals surface area contributed by atoms with Crippen LogP contribution in [0.3, 0.4) is 0 Å². The molecule has 0 bridgehead atoms. The molecule has 0 fully saturated rings. The van der Waals surface area contributed by atoms with Crippen molar-refractivity contribution in [3.8, 4) is 0 Å². The van der Waals surface area contributed by atoms with Crippen molar-refractivity contribution >= 4 is 5.69 Å². The summed E-state index contributed by atoms with van der Waals surface area (Å²) < 4.78 is 0. The van der Waals surface area contributed by atoms with Crippen LogP contribution in [0, 0.1) is 0 Å². The number of aryl methyl sites for hydroxylation is 1. The Morgan fingerprint density at radius 1 is 0.952 bits per heavy atom. The Hall–Kier alpha value is -1.84. The van der Waals surface area contributed by atoms with E-state index in [4.69, 9.17) is 5.84 Å². The van der Waals surface area contributed by atoms with E-state index >= 15 is 0 Å². The molecule has 21 heavy (non-hydrogen) atoms. The number of nitrogens with zero attached hydrogens (tertiary/aromatic N) is 1. The predicted molar refractivity (Wildman–Crippen MR) is 90.4 cm³/mol. The molecule has 112 valence electrons. The molecule has 0 aromatic heterocycles. The molecule has 0 saturated carbocycles. The van der Waals surface area contributed by atoms with Gasteiger partial charge in [-0.05, 0) is 35.2 Å². The maximum absolute atomic E-state index is 5.77. The summed E-state index contributed by atoms with van der Waals surface area (Å²) in [6, 6.07) is 17.2. The molecule has 3 N–H and O–H groups in total. The number of hydrazine groups is 1. The second-order valence-electron chi connectivity index (χ2n) is 5.58. The molecule has 2 rings (SSSR count). The summed E-state index contributed by atoms with van der Waals surface area (Å²) in [6.45, 7) is 2.20. The highest BCUT2D eigenvalue weighted by Crippen LogP contribution is 2.24. The van der Waals surface area contributed by atoms with Crippen molar-refractivity contribution in [3.63, 3.8) is 0 Å². The van der Waals surface area contributed by atoms with Crippen molar-refractivity contribution in [2.45, 2.75) is 25.8 Å². The van der Waals surface area contributed by atoms with Crippen LogP contribution in [0.1, 0.15) is 36.1 Å². The van der Waals surface area contributed by atoms with E-state index in [1.54, 1.807) is 0 Å². The van der Waals surface area contributed by atoms with E-state index in [2.05, 4.69) is 65.8 Å². The number of nitrogens with two attached hydrogens (primary N) is 1. The van der Waals surface area contributed by atoms with Crippen LogP contribution in [0.4, 0.5) is 5.69 Å². The van der Waals surface area contributed by atoms with E-state index in [9.17, 15) is 0 Å². The molecule has 3 heteroatoms. The highest BCUT2D eigenvalue weighted by Gasteiger charge is 2.12. The fourth-order valence-electron chi connectivity index (χ4n) is 2.52. The van der Waals surface area contributed by atoms with Gasteiger partial charge in [-0.15, -0.1) is 0 Å². The monoisotopic (exact) mass is 283 g/mol. The van der Waals surface area contributed by atoms with Gasteiger partial charge in [-0.1, -0.05) is 49.7 Å². The van der Waals surface area contributed by atoms with E-state index in [-0.39, 0.29) is 6.04 Å². The van der Waals surface area contributed by atoms with Gasteiger partial charge in [0.25, 0.3) is 0 Å². The molecule has 0 saturated heterocycles. The largest absolute Gasteiger partial charge is 0.378 e. The highest BCUT2D eigenvalue weighted by atomic mass is 15.2. The SMILES string of the molecule is CCCc1ccc(C(NN)c2ccc(N(C)C)cc2)cc1. The van der Waals surface area contributed by atoms with Crippen molar-refractivity contribution < 1.29 is 0 Å². The van der Waals surface area contributed by atoms with Crippen LogP contribution in [0.25, 0.3) is 0 Å². The molecule has 0 spiro atoms. The molecule has 0 heterocycles. The zero-order valence-corrected chi connectivity index (χ0v) is 13.1. The number of hydrogen-bond donors (Lipinski definition) is 2. The van der Waals surface area contributed by atoms with Crippen LogP contribution in [0.2, 0.25) is 0 Å². The number of anilines is 1. The van der Waals surface area contributed by atoms with Crippen molar-refractivity contribution in [1.82, 2.24) is 5.43 Å². The first-order valence-electron chi connectivity index (χ1n) is 7.48. The molecular formula is C18H25N3. The van der Waals surface area contributed by atoms with Crippen molar-refractivity contribution in [2.24, 2.45) is 5.84 Å². The summed E-state index contributed by atoms with van der Waals surface area (Å²) in [6.07, 6.45) is 2.29. The second-order valence-corrected chi connectivity index (χ2v) is 5.58. The lowest BCUT2D eigenvalue weighted by Gasteiger charge is -2.19. The molecule has 1 unspecified atom stereocenters. The van der Waals surface area contributed by atoms with E-state index in [0.29, 0.717) is 0 Å². The minimum Gasteiger partial charge on any atom is -0.378 e. The Labute approximate surface area is 127 Å². The fraction of sp³-hybridized carbons (Fsp3) is 0.333. The maximum atomic E-state index is 5.77. The topological polar surface area (TPSA) is 41.3 Å². The van der Waals surface area contributed by atoms with Crippen LogP contribution >= 0.6 is 0 Å². The zero-order valence-electron chi connectivity index (χ0n) is 13.1. The van der Waals surface area contributed by atoms with Crippen molar-refractivity contribution in [2.75, 3.05) is 19.0 Å². The average molecular weight is 283 g/mol. The summed E-state index contributed by atoms with van der Waals surface area (Å²) in [7, 11) is 4.08. The molecule has 0 aliphatic carbocycles. The average Bonchev–Trinajstić information content (AvgIpc) is 2.50. The molecule has 0 radical (unpaired) electrons. The van der Waals surface area contributed by atoms with E-state index < -0.39 is 0 Å². The van der Waals surface area contributed by atoms with Crippen molar-refractivity contribution in [1.29, 1.82) is 0 Å². The molecule has 3 nitrogen and oxygen atoms in total. The molecule has 0 aliphatic heterocycles. The smallest absolute Gasteiger partial charge is 0.0710 e. The molecular weight excluding hydrogens is 258 g/mol. The van der Waals surface area contributed by atoms with Gasteiger partial charge in [0.2, 0.25) is 0 Å². The molecule has 1 atom stereocenters. The van der Waals surface area contributed by atoms with Crippen LogP contribution in [-0.2, 0) is 6.42 Å². The van der Waals surface area contributed by atoms with E-state index in [1.807, 2.05) is 14.1 Å². The van der Waals surface area contributed by atoms with Gasteiger partial charge in [0, 0.05) is 19.8 Å². The van der Waals surface area contributed by atoms with Gasteiger partial charge in [-0.25, -0.2) is 5.43 Å². The lowest BCUT2D eigenvalue weighted by atomic mass is 9.97. The first kappa shape index (κ1) is 15.5. The predicted octanol–water partition coefficient (Wildman–Crippen LogP) is 3.26. The Morgan fingerprint density at radius 3 is 1.90 bits per heavy atom. The fourth-order valence-corrected chi connectivity index (χ4v) is 2.52. The number of nitrogens with one attached hydrogen (secondary N) is 1. The van der Waals surface area contributed by atoms with Crippen LogP contribution < -0.4 is 16.2 Å². The Balaban J connectivity index is 2.22. The van der Waals surface area contributed by atoms with E-state index in [1.165, 1.54) is 28.8 Å². The van der Waals surface area contributed by atoms with Gasteiger partial charge in [-0.2, -0.15) is 0 Å². The quantitative estimate of drug-likeness (QED) is 0.631. The molecule has 0 aliphatic rings. The highest BCUT2D eigenvalue weighted by molar-refractivity contribution is 5.47. The Kier molecular flexibility index (Phi) is 5.37. The molecule has 2 aromatic rings. The van der Waals surface area contributed by atoms with Gasteiger partial charge < -0.3 is 4.90 Å². The minimum absolute atomic E-state index is 0.0249. The first-order valence-corrected chi connectivity index (χ1v) is 7.48. The summed E-state index contributed by atoms with van der Waals surface area (Å²) >= 11 is 0. The summed E-state index contributed by atoms with van der Waals surface area (Å²) in [5.41, 5.74) is 7.85. The van der Waals surface area contributed by atoms with Crippen LogP contribution in [0.15, 0.2) is 48.5 Å². The normalized spacial score (nSPS) is 12.2. The van der Waals surface area contributed by atoms with Gasteiger partial charge in [-0.3, -0.25) is 5.84 Å². The van der Waals surface area contributed by atoms with Crippen LogP contribution in [-0.4, -0.2) is 14.1 Å². The molecule has 0 amide bonds. The van der Waals surface area contributed by atoms with Crippen LogP contribution in [0.5, 0.6) is 0 Å². The number of rotatable bonds is 6. The Bertz CT molecular complexity index is 544. The first-order chi connectivity index (χ1) is 10.2. The summed E-state index contributed by atoms with van der Waals surface area (Å²) in [5.74, 6) is 5.77. The van der Waals surface area contributed by atoms with E-state index in [0.717, 1.165) is 6.42 Å². The zero-order chi connectivity index (χ0) is 15.2. The summed E-state index contributed by atoms with van der Waals surface area (Å²) in [5, 5.41) is 0. The van der Waals surface area contributed by atoms with Gasteiger partial charge in [0.15, 0.2) is 0 Å². The third-order valence-corrected chi connectivity index (χ3v) is 3.76. The third-order valence-electron chi connectivity index (χ3n) is 3.76. The molecule has 2 aromatic carbocycles. The lowest BCUT2D eigenvalue weighted by Crippen LogP contribution is -2.28. The third kappa shape index (κ3) is 3.84. The number of benzene rings is 2. The standard InChI is InChI=1S/C18H25N3/c1-4-5-14-6-8-15(9-7-14)18(20-19)16-10-12-17(13-11-16)21(2)3/h6-13,18,20H,4-5,19H2,1-3H3. The van der Waals surface area contributed by atoms with Gasteiger partial charge in [0.1, 0.15) is 0 Å².